The van der Waals surface area contributed by atoms with Crippen LogP contribution in [0.25, 0.3) is 0 Å². The fraction of sp³-hybridized carbons (Fsp3) is 0.250. The standard InChI is InChI=1S/C16H17N3O/c1-11-14(5-2-8-18-11)16(20)19-9-3-4-12-6-7-13(17)10-15(12)19/h2,5-8,10H,3-4,9,17H2,1H3. The highest BCUT2D eigenvalue weighted by Gasteiger charge is 2.24. The van der Waals surface area contributed by atoms with Gasteiger partial charge in [0.2, 0.25) is 0 Å². The van der Waals surface area contributed by atoms with Crippen LogP contribution in [-0.2, 0) is 6.42 Å². The number of anilines is 2. The predicted molar refractivity (Wildman–Crippen MR) is 79.8 cm³/mol. The topological polar surface area (TPSA) is 59.2 Å². The Morgan fingerprint density at radius 1 is 1.35 bits per heavy atom. The zero-order chi connectivity index (χ0) is 14.1. The summed E-state index contributed by atoms with van der Waals surface area (Å²) in [7, 11) is 0. The van der Waals surface area contributed by atoms with Crippen LogP contribution in [-0.4, -0.2) is 17.4 Å². The molecule has 2 N–H and O–H groups in total. The van der Waals surface area contributed by atoms with Gasteiger partial charge in [-0.1, -0.05) is 6.07 Å². The molecule has 3 rings (SSSR count). The highest BCUT2D eigenvalue weighted by atomic mass is 16.2. The summed E-state index contributed by atoms with van der Waals surface area (Å²) in [5.41, 5.74) is 10.1. The lowest BCUT2D eigenvalue weighted by Crippen LogP contribution is -2.36. The number of aryl methyl sites for hydroxylation is 2. The summed E-state index contributed by atoms with van der Waals surface area (Å²) in [5.74, 6) is 0.00199. The third kappa shape index (κ3) is 2.13. The van der Waals surface area contributed by atoms with Gasteiger partial charge >= 0.3 is 0 Å². The van der Waals surface area contributed by atoms with E-state index >= 15 is 0 Å². The Morgan fingerprint density at radius 2 is 2.20 bits per heavy atom. The van der Waals surface area contributed by atoms with Crippen molar-refractivity contribution in [2.24, 2.45) is 0 Å². The molecule has 1 aliphatic heterocycles. The Morgan fingerprint density at radius 3 is 3.00 bits per heavy atom. The first kappa shape index (κ1) is 12.7. The van der Waals surface area contributed by atoms with Gasteiger partial charge in [-0.2, -0.15) is 0 Å². The Kier molecular flexibility index (Phi) is 3.14. The van der Waals surface area contributed by atoms with Crippen LogP contribution in [0.15, 0.2) is 36.5 Å². The molecule has 0 aliphatic carbocycles. The van der Waals surface area contributed by atoms with E-state index in [0.717, 1.165) is 30.8 Å². The van der Waals surface area contributed by atoms with Crippen molar-refractivity contribution in [3.63, 3.8) is 0 Å². The summed E-state index contributed by atoms with van der Waals surface area (Å²) in [6.07, 6.45) is 3.67. The number of carbonyl (C=O) groups excluding carboxylic acids is 1. The van der Waals surface area contributed by atoms with Gasteiger partial charge in [-0.15, -0.1) is 0 Å². The summed E-state index contributed by atoms with van der Waals surface area (Å²) >= 11 is 0. The van der Waals surface area contributed by atoms with E-state index < -0.39 is 0 Å². The third-order valence-corrected chi connectivity index (χ3v) is 3.71. The summed E-state index contributed by atoms with van der Waals surface area (Å²) < 4.78 is 0. The van der Waals surface area contributed by atoms with Crippen LogP contribution in [0.2, 0.25) is 0 Å². The summed E-state index contributed by atoms with van der Waals surface area (Å²) in [6.45, 7) is 2.58. The fourth-order valence-electron chi connectivity index (χ4n) is 2.66. The lowest BCUT2D eigenvalue weighted by molar-refractivity contribution is 0.0984. The van der Waals surface area contributed by atoms with E-state index in [1.807, 2.05) is 36.1 Å². The van der Waals surface area contributed by atoms with E-state index in [2.05, 4.69) is 4.98 Å². The Hall–Kier alpha value is -2.36. The second-order valence-corrected chi connectivity index (χ2v) is 5.08. The number of fused-ring (bicyclic) bond motifs is 1. The molecule has 1 aromatic heterocycles. The van der Waals surface area contributed by atoms with Gasteiger partial charge in [0.15, 0.2) is 0 Å². The zero-order valence-electron chi connectivity index (χ0n) is 11.5. The number of rotatable bonds is 1. The van der Waals surface area contributed by atoms with Gasteiger partial charge in [0.25, 0.3) is 5.91 Å². The van der Waals surface area contributed by atoms with E-state index in [-0.39, 0.29) is 5.91 Å². The van der Waals surface area contributed by atoms with Crippen molar-refractivity contribution in [3.8, 4) is 0 Å². The van der Waals surface area contributed by atoms with Gasteiger partial charge in [-0.25, -0.2) is 0 Å². The fourth-order valence-corrected chi connectivity index (χ4v) is 2.66. The number of nitrogen functional groups attached to an aromatic ring is 1. The van der Waals surface area contributed by atoms with Crippen LogP contribution in [0.5, 0.6) is 0 Å². The van der Waals surface area contributed by atoms with E-state index in [9.17, 15) is 4.79 Å². The number of aromatic nitrogens is 1. The second kappa shape index (κ2) is 4.96. The third-order valence-electron chi connectivity index (χ3n) is 3.71. The van der Waals surface area contributed by atoms with Crippen molar-refractivity contribution in [3.05, 3.63) is 53.3 Å². The minimum absolute atomic E-state index is 0.00199. The second-order valence-electron chi connectivity index (χ2n) is 5.08. The van der Waals surface area contributed by atoms with Gasteiger partial charge < -0.3 is 10.6 Å². The van der Waals surface area contributed by atoms with E-state index in [4.69, 9.17) is 5.73 Å². The number of benzene rings is 1. The largest absolute Gasteiger partial charge is 0.399 e. The number of pyridine rings is 1. The molecular weight excluding hydrogens is 250 g/mol. The minimum atomic E-state index is 0.00199. The quantitative estimate of drug-likeness (QED) is 0.808. The first-order chi connectivity index (χ1) is 9.66. The molecular formula is C16H17N3O. The van der Waals surface area contributed by atoms with Crippen molar-refractivity contribution < 1.29 is 4.79 Å². The zero-order valence-corrected chi connectivity index (χ0v) is 11.5. The monoisotopic (exact) mass is 267 g/mol. The molecule has 4 nitrogen and oxygen atoms in total. The van der Waals surface area contributed by atoms with Crippen molar-refractivity contribution in [1.29, 1.82) is 0 Å². The molecule has 0 unspecified atom stereocenters. The summed E-state index contributed by atoms with van der Waals surface area (Å²) in [6, 6.07) is 9.41. The van der Waals surface area contributed by atoms with Crippen LogP contribution >= 0.6 is 0 Å². The first-order valence-electron chi connectivity index (χ1n) is 6.78. The maximum absolute atomic E-state index is 12.7. The molecule has 0 atom stereocenters. The molecule has 102 valence electrons. The maximum Gasteiger partial charge on any atom is 0.260 e. The molecule has 2 aromatic rings. The Labute approximate surface area is 118 Å². The van der Waals surface area contributed by atoms with Crippen LogP contribution < -0.4 is 10.6 Å². The lowest BCUT2D eigenvalue weighted by Gasteiger charge is -2.30. The van der Waals surface area contributed by atoms with Gasteiger partial charge in [-0.3, -0.25) is 9.78 Å². The molecule has 2 heterocycles. The van der Waals surface area contributed by atoms with Crippen molar-refractivity contribution in [1.82, 2.24) is 4.98 Å². The number of nitrogens with zero attached hydrogens (tertiary/aromatic N) is 2. The predicted octanol–water partition coefficient (Wildman–Crippen LogP) is 2.57. The molecule has 0 saturated carbocycles. The molecule has 1 aliphatic rings. The molecule has 1 amide bonds. The van der Waals surface area contributed by atoms with Crippen LogP contribution in [0.1, 0.15) is 28.0 Å². The number of carbonyl (C=O) groups is 1. The SMILES string of the molecule is Cc1ncccc1C(=O)N1CCCc2ccc(N)cc21. The molecule has 1 aromatic carbocycles. The summed E-state index contributed by atoms with van der Waals surface area (Å²) in [5, 5.41) is 0. The average molecular weight is 267 g/mol. The smallest absolute Gasteiger partial charge is 0.260 e. The molecule has 4 heteroatoms. The van der Waals surface area contributed by atoms with E-state index in [1.54, 1.807) is 12.3 Å². The summed E-state index contributed by atoms with van der Waals surface area (Å²) in [4.78, 5) is 18.8. The molecule has 0 bridgehead atoms. The van der Waals surface area contributed by atoms with Crippen LogP contribution in [0, 0.1) is 6.92 Å². The van der Waals surface area contributed by atoms with Gasteiger partial charge in [0, 0.05) is 29.8 Å². The lowest BCUT2D eigenvalue weighted by atomic mass is 10.00. The molecule has 0 spiro atoms. The van der Waals surface area contributed by atoms with Gasteiger partial charge in [-0.05, 0) is 49.6 Å². The Bertz CT molecular complexity index is 667. The molecule has 0 saturated heterocycles. The number of amides is 1. The van der Waals surface area contributed by atoms with Crippen molar-refractivity contribution in [2.45, 2.75) is 19.8 Å². The number of nitrogens with two attached hydrogens (primary N) is 1. The maximum atomic E-state index is 12.7. The first-order valence-corrected chi connectivity index (χ1v) is 6.78. The number of hydrogen-bond acceptors (Lipinski definition) is 3. The average Bonchev–Trinajstić information content (AvgIpc) is 2.46. The molecule has 0 fully saturated rings. The highest BCUT2D eigenvalue weighted by Crippen LogP contribution is 2.30. The van der Waals surface area contributed by atoms with Crippen LogP contribution in [0.4, 0.5) is 11.4 Å². The molecule has 20 heavy (non-hydrogen) atoms. The van der Waals surface area contributed by atoms with Gasteiger partial charge in [0.1, 0.15) is 0 Å². The Balaban J connectivity index is 2.03. The highest BCUT2D eigenvalue weighted by molar-refractivity contribution is 6.07. The van der Waals surface area contributed by atoms with Crippen LogP contribution in [0.3, 0.4) is 0 Å². The number of hydrogen-bond donors (Lipinski definition) is 1. The normalized spacial score (nSPS) is 13.9. The van der Waals surface area contributed by atoms with E-state index in [1.165, 1.54) is 5.56 Å². The minimum Gasteiger partial charge on any atom is -0.399 e. The van der Waals surface area contributed by atoms with Crippen molar-refractivity contribution >= 4 is 17.3 Å². The molecule has 0 radical (unpaired) electrons. The van der Waals surface area contributed by atoms with E-state index in [0.29, 0.717) is 11.3 Å². The van der Waals surface area contributed by atoms with Gasteiger partial charge in [0.05, 0.1) is 5.56 Å². The van der Waals surface area contributed by atoms with Crippen molar-refractivity contribution in [2.75, 3.05) is 17.2 Å².